The highest BCUT2D eigenvalue weighted by Crippen LogP contribution is 2.14. The Bertz CT molecular complexity index is 903. The molecule has 0 atom stereocenters. The number of amides is 1. The van der Waals surface area contributed by atoms with Gasteiger partial charge in [0.25, 0.3) is 5.91 Å². The monoisotopic (exact) mass is 415 g/mol. The van der Waals surface area contributed by atoms with E-state index in [4.69, 9.17) is 0 Å². The number of hydrogen-bond acceptors (Lipinski definition) is 4. The summed E-state index contributed by atoms with van der Waals surface area (Å²) in [5.41, 5.74) is 3.00. The quantitative estimate of drug-likeness (QED) is 0.552. The number of hydrogen-bond donors (Lipinski definition) is 2. The van der Waals surface area contributed by atoms with Crippen LogP contribution in [0.4, 0.5) is 5.69 Å². The molecule has 2 aromatic carbocycles. The van der Waals surface area contributed by atoms with Gasteiger partial charge in [0, 0.05) is 24.3 Å². The maximum Gasteiger partial charge on any atom is 0.255 e. The predicted octanol–water partition coefficient (Wildman–Crippen LogP) is 3.39. The Balaban J connectivity index is 1.96. The molecule has 0 bridgehead atoms. The predicted molar refractivity (Wildman–Crippen MR) is 118 cm³/mol. The van der Waals surface area contributed by atoms with Gasteiger partial charge in [-0.3, -0.25) is 9.69 Å². The van der Waals surface area contributed by atoms with Crippen LogP contribution in [0.2, 0.25) is 0 Å². The summed E-state index contributed by atoms with van der Waals surface area (Å²) in [5, 5.41) is 2.84. The van der Waals surface area contributed by atoms with Crippen LogP contribution in [0.25, 0.3) is 0 Å². The molecule has 6 nitrogen and oxygen atoms in total. The number of sulfonamides is 1. The Hall–Kier alpha value is -2.48. The van der Waals surface area contributed by atoms with Crippen LogP contribution in [0.3, 0.4) is 0 Å². The molecule has 0 spiro atoms. The number of anilines is 1. The van der Waals surface area contributed by atoms with Crippen LogP contribution in [0, 0.1) is 0 Å². The first-order chi connectivity index (χ1) is 13.9. The molecule has 0 aliphatic heterocycles. The average Bonchev–Trinajstić information content (AvgIpc) is 2.72. The van der Waals surface area contributed by atoms with E-state index in [1.165, 1.54) is 11.6 Å². The Kier molecular flexibility index (Phi) is 8.57. The fraction of sp³-hybridized carbons (Fsp3) is 0.318. The lowest BCUT2D eigenvalue weighted by Crippen LogP contribution is -2.25. The zero-order valence-corrected chi connectivity index (χ0v) is 17.8. The van der Waals surface area contributed by atoms with E-state index in [0.717, 1.165) is 19.6 Å². The summed E-state index contributed by atoms with van der Waals surface area (Å²) < 4.78 is 26.2. The maximum atomic E-state index is 12.5. The first-order valence-corrected chi connectivity index (χ1v) is 11.3. The molecule has 156 valence electrons. The van der Waals surface area contributed by atoms with Crippen LogP contribution in [0.15, 0.2) is 61.2 Å². The van der Waals surface area contributed by atoms with E-state index < -0.39 is 10.0 Å². The minimum atomic E-state index is -3.40. The fourth-order valence-electron chi connectivity index (χ4n) is 2.81. The molecular weight excluding hydrogens is 386 g/mol. The fourth-order valence-corrected chi connectivity index (χ4v) is 3.92. The zero-order chi connectivity index (χ0) is 21.3. The normalized spacial score (nSPS) is 11.4. The Morgan fingerprint density at radius 2 is 1.59 bits per heavy atom. The van der Waals surface area contributed by atoms with Crippen molar-refractivity contribution in [3.05, 3.63) is 77.9 Å². The van der Waals surface area contributed by atoms with Crippen LogP contribution in [-0.2, 0) is 22.3 Å². The lowest BCUT2D eigenvalue weighted by molar-refractivity contribution is 0.102. The van der Waals surface area contributed by atoms with E-state index in [-0.39, 0.29) is 18.2 Å². The van der Waals surface area contributed by atoms with Gasteiger partial charge in [0.2, 0.25) is 10.0 Å². The number of carbonyl (C=O) groups excluding carboxylic acids is 1. The van der Waals surface area contributed by atoms with Crippen molar-refractivity contribution in [3.8, 4) is 0 Å². The third kappa shape index (κ3) is 7.45. The number of nitrogens with zero attached hydrogens (tertiary/aromatic N) is 1. The average molecular weight is 416 g/mol. The van der Waals surface area contributed by atoms with Crippen molar-refractivity contribution < 1.29 is 13.2 Å². The number of rotatable bonds is 11. The molecule has 0 saturated carbocycles. The minimum absolute atomic E-state index is 0.122. The molecule has 0 saturated heterocycles. The van der Waals surface area contributed by atoms with E-state index >= 15 is 0 Å². The molecule has 2 N–H and O–H groups in total. The van der Waals surface area contributed by atoms with E-state index in [1.54, 1.807) is 24.3 Å². The van der Waals surface area contributed by atoms with Gasteiger partial charge in [0.05, 0.1) is 5.75 Å². The number of nitrogens with one attached hydrogen (secondary N) is 2. The second-order valence-corrected chi connectivity index (χ2v) is 8.51. The summed E-state index contributed by atoms with van der Waals surface area (Å²) in [7, 11) is -3.40. The topological polar surface area (TPSA) is 78.5 Å². The molecule has 7 heteroatoms. The Labute approximate surface area is 173 Å². The third-order valence-electron chi connectivity index (χ3n) is 4.53. The van der Waals surface area contributed by atoms with Gasteiger partial charge in [0.15, 0.2) is 0 Å². The largest absolute Gasteiger partial charge is 0.322 e. The molecule has 0 fully saturated rings. The van der Waals surface area contributed by atoms with Crippen LogP contribution >= 0.6 is 0 Å². The molecule has 1 amide bonds. The minimum Gasteiger partial charge on any atom is -0.322 e. The third-order valence-corrected chi connectivity index (χ3v) is 5.85. The lowest BCUT2D eigenvalue weighted by Gasteiger charge is -2.18. The highest BCUT2D eigenvalue weighted by molar-refractivity contribution is 7.88. The van der Waals surface area contributed by atoms with Gasteiger partial charge in [0.1, 0.15) is 0 Å². The summed E-state index contributed by atoms with van der Waals surface area (Å²) in [6.07, 6.45) is 1.49. The van der Waals surface area contributed by atoms with E-state index in [2.05, 4.69) is 35.4 Å². The van der Waals surface area contributed by atoms with Gasteiger partial charge in [-0.05, 0) is 48.5 Å². The molecule has 2 aromatic rings. The Morgan fingerprint density at radius 3 is 2.14 bits per heavy atom. The maximum absolute atomic E-state index is 12.5. The summed E-state index contributed by atoms with van der Waals surface area (Å²) in [6.45, 7) is 10.8. The molecule has 0 aliphatic carbocycles. The van der Waals surface area contributed by atoms with Crippen molar-refractivity contribution >= 4 is 21.6 Å². The van der Waals surface area contributed by atoms with Gasteiger partial charge >= 0.3 is 0 Å². The summed E-state index contributed by atoms with van der Waals surface area (Å²) in [6, 6.07) is 14.4. The Morgan fingerprint density at radius 1 is 1.00 bits per heavy atom. The molecule has 0 unspecified atom stereocenters. The molecule has 0 aliphatic rings. The SMILES string of the molecule is C=CCNS(=O)(=O)Cc1ccc(NC(=O)c2ccc(CN(CC)CC)cc2)cc1. The molecule has 2 rings (SSSR count). The first kappa shape index (κ1) is 22.8. The smallest absolute Gasteiger partial charge is 0.255 e. The van der Waals surface area contributed by atoms with Gasteiger partial charge in [-0.1, -0.05) is 44.2 Å². The highest BCUT2D eigenvalue weighted by Gasteiger charge is 2.11. The van der Waals surface area contributed by atoms with Crippen LogP contribution in [-0.4, -0.2) is 38.9 Å². The number of carbonyl (C=O) groups is 1. The second kappa shape index (κ2) is 10.9. The van der Waals surface area contributed by atoms with Crippen molar-refractivity contribution in [1.29, 1.82) is 0 Å². The summed E-state index contributed by atoms with van der Waals surface area (Å²) in [5.74, 6) is -0.323. The van der Waals surface area contributed by atoms with Gasteiger partial charge in [-0.25, -0.2) is 13.1 Å². The van der Waals surface area contributed by atoms with Gasteiger partial charge in [-0.2, -0.15) is 0 Å². The summed E-state index contributed by atoms with van der Waals surface area (Å²) >= 11 is 0. The van der Waals surface area contributed by atoms with Crippen LogP contribution in [0.5, 0.6) is 0 Å². The van der Waals surface area contributed by atoms with Crippen LogP contribution < -0.4 is 10.0 Å². The molecule has 0 heterocycles. The van der Waals surface area contributed by atoms with E-state index in [1.807, 2.05) is 24.3 Å². The van der Waals surface area contributed by atoms with Crippen molar-refractivity contribution in [3.63, 3.8) is 0 Å². The first-order valence-electron chi connectivity index (χ1n) is 9.66. The van der Waals surface area contributed by atoms with E-state index in [0.29, 0.717) is 16.8 Å². The highest BCUT2D eigenvalue weighted by atomic mass is 32.2. The molecule has 29 heavy (non-hydrogen) atoms. The van der Waals surface area contributed by atoms with Crippen molar-refractivity contribution in [2.75, 3.05) is 25.0 Å². The van der Waals surface area contributed by atoms with Gasteiger partial charge in [-0.15, -0.1) is 6.58 Å². The van der Waals surface area contributed by atoms with E-state index in [9.17, 15) is 13.2 Å². The second-order valence-electron chi connectivity index (χ2n) is 6.71. The van der Waals surface area contributed by atoms with Crippen molar-refractivity contribution in [1.82, 2.24) is 9.62 Å². The number of benzene rings is 2. The van der Waals surface area contributed by atoms with Gasteiger partial charge < -0.3 is 5.32 Å². The molecule has 0 aromatic heterocycles. The van der Waals surface area contributed by atoms with Crippen molar-refractivity contribution in [2.24, 2.45) is 0 Å². The molecular formula is C22H29N3O3S. The zero-order valence-electron chi connectivity index (χ0n) is 17.0. The van der Waals surface area contributed by atoms with Crippen LogP contribution in [0.1, 0.15) is 35.3 Å². The molecule has 0 radical (unpaired) electrons. The summed E-state index contributed by atoms with van der Waals surface area (Å²) in [4.78, 5) is 14.8. The standard InChI is InChI=1S/C22H29N3O3S/c1-4-15-23-29(27,28)17-19-9-13-21(14-10-19)24-22(26)20-11-7-18(8-12-20)16-25(5-2)6-3/h4,7-14,23H,1,5-6,15-17H2,2-3H3,(H,24,26). The lowest BCUT2D eigenvalue weighted by atomic mass is 10.1. The van der Waals surface area contributed by atoms with Crippen molar-refractivity contribution in [2.45, 2.75) is 26.1 Å².